The van der Waals surface area contributed by atoms with Gasteiger partial charge in [-0.3, -0.25) is 4.79 Å². The lowest BCUT2D eigenvalue weighted by Crippen LogP contribution is -2.31. The molecule has 0 saturated heterocycles. The summed E-state index contributed by atoms with van der Waals surface area (Å²) in [6.07, 6.45) is 2.04. The highest BCUT2D eigenvalue weighted by molar-refractivity contribution is 5.76. The minimum absolute atomic E-state index is 0.0262. The molecule has 1 aromatic rings. The maximum absolute atomic E-state index is 12.1. The van der Waals surface area contributed by atoms with Crippen molar-refractivity contribution in [2.24, 2.45) is 11.7 Å². The van der Waals surface area contributed by atoms with Crippen LogP contribution in [0.1, 0.15) is 51.6 Å². The Morgan fingerprint density at radius 1 is 1.29 bits per heavy atom. The van der Waals surface area contributed by atoms with Gasteiger partial charge in [-0.05, 0) is 31.7 Å². The van der Waals surface area contributed by atoms with E-state index in [-0.39, 0.29) is 18.0 Å². The number of methoxy groups -OCH3 is 1. The Kier molecular flexibility index (Phi) is 7.23. The van der Waals surface area contributed by atoms with Crippen molar-refractivity contribution in [1.82, 2.24) is 5.32 Å². The van der Waals surface area contributed by atoms with Crippen LogP contribution >= 0.6 is 0 Å². The Balaban J connectivity index is 2.82. The van der Waals surface area contributed by atoms with Crippen molar-refractivity contribution in [3.8, 4) is 5.75 Å². The first-order valence-corrected chi connectivity index (χ1v) is 7.61. The molecule has 118 valence electrons. The molecule has 3 N–H and O–H groups in total. The van der Waals surface area contributed by atoms with Gasteiger partial charge in [-0.1, -0.05) is 32.0 Å². The zero-order valence-electron chi connectivity index (χ0n) is 13.6. The lowest BCUT2D eigenvalue weighted by molar-refractivity contribution is -0.122. The minimum Gasteiger partial charge on any atom is -0.496 e. The van der Waals surface area contributed by atoms with Crippen LogP contribution in [0.3, 0.4) is 0 Å². The van der Waals surface area contributed by atoms with E-state index in [2.05, 4.69) is 19.2 Å². The van der Waals surface area contributed by atoms with Crippen molar-refractivity contribution in [1.29, 1.82) is 0 Å². The maximum atomic E-state index is 12.1. The summed E-state index contributed by atoms with van der Waals surface area (Å²) in [5.74, 6) is 1.34. The number of para-hydroxylation sites is 1. The largest absolute Gasteiger partial charge is 0.496 e. The van der Waals surface area contributed by atoms with Crippen LogP contribution in [0.4, 0.5) is 0 Å². The second-order valence-electron chi connectivity index (χ2n) is 6.01. The van der Waals surface area contributed by atoms with Gasteiger partial charge in [-0.2, -0.15) is 0 Å². The SMILES string of the molecule is COc1ccccc1C(CC(C)C)NC(=O)CCC(C)N. The predicted octanol–water partition coefficient (Wildman–Crippen LogP) is 3.03. The minimum atomic E-state index is -0.0262. The zero-order chi connectivity index (χ0) is 15.8. The van der Waals surface area contributed by atoms with Gasteiger partial charge in [0.1, 0.15) is 5.75 Å². The molecule has 0 bridgehead atoms. The van der Waals surface area contributed by atoms with Crippen molar-refractivity contribution in [2.75, 3.05) is 7.11 Å². The van der Waals surface area contributed by atoms with Gasteiger partial charge < -0.3 is 15.8 Å². The van der Waals surface area contributed by atoms with Crippen LogP contribution in [0.15, 0.2) is 24.3 Å². The number of hydrogen-bond acceptors (Lipinski definition) is 3. The van der Waals surface area contributed by atoms with Crippen molar-refractivity contribution in [3.63, 3.8) is 0 Å². The third-order valence-electron chi connectivity index (χ3n) is 3.38. The van der Waals surface area contributed by atoms with Crippen LogP contribution in [0.2, 0.25) is 0 Å². The fourth-order valence-electron chi connectivity index (χ4n) is 2.31. The number of ether oxygens (including phenoxy) is 1. The smallest absolute Gasteiger partial charge is 0.220 e. The molecule has 0 aromatic heterocycles. The summed E-state index contributed by atoms with van der Waals surface area (Å²) in [6.45, 7) is 6.21. The third kappa shape index (κ3) is 6.17. The van der Waals surface area contributed by atoms with E-state index in [4.69, 9.17) is 10.5 Å². The lowest BCUT2D eigenvalue weighted by Gasteiger charge is -2.23. The van der Waals surface area contributed by atoms with Crippen molar-refractivity contribution < 1.29 is 9.53 Å². The Morgan fingerprint density at radius 3 is 2.52 bits per heavy atom. The highest BCUT2D eigenvalue weighted by Crippen LogP contribution is 2.29. The van der Waals surface area contributed by atoms with E-state index in [0.717, 1.165) is 17.7 Å². The summed E-state index contributed by atoms with van der Waals surface area (Å²) in [5.41, 5.74) is 6.74. The van der Waals surface area contributed by atoms with Crippen molar-refractivity contribution in [3.05, 3.63) is 29.8 Å². The number of rotatable bonds is 8. The number of amides is 1. The number of nitrogens with one attached hydrogen (secondary N) is 1. The van der Waals surface area contributed by atoms with Gasteiger partial charge in [0.25, 0.3) is 0 Å². The quantitative estimate of drug-likeness (QED) is 0.774. The van der Waals surface area contributed by atoms with Crippen LogP contribution in [0.25, 0.3) is 0 Å². The summed E-state index contributed by atoms with van der Waals surface area (Å²) in [6, 6.07) is 7.87. The normalized spacial score (nSPS) is 13.8. The average Bonchev–Trinajstić information content (AvgIpc) is 2.44. The van der Waals surface area contributed by atoms with Crippen LogP contribution in [0.5, 0.6) is 5.75 Å². The molecule has 21 heavy (non-hydrogen) atoms. The monoisotopic (exact) mass is 292 g/mol. The number of carbonyl (C=O) groups is 1. The summed E-state index contributed by atoms with van der Waals surface area (Å²) in [4.78, 5) is 12.1. The van der Waals surface area contributed by atoms with E-state index < -0.39 is 0 Å². The molecule has 4 nitrogen and oxygen atoms in total. The van der Waals surface area contributed by atoms with Gasteiger partial charge in [-0.15, -0.1) is 0 Å². The van der Waals surface area contributed by atoms with Gasteiger partial charge in [0.15, 0.2) is 0 Å². The topological polar surface area (TPSA) is 64.3 Å². The van der Waals surface area contributed by atoms with Gasteiger partial charge in [0.05, 0.1) is 13.2 Å². The summed E-state index contributed by atoms with van der Waals surface area (Å²) < 4.78 is 5.42. The van der Waals surface area contributed by atoms with E-state index in [1.54, 1.807) is 7.11 Å². The molecule has 1 aromatic carbocycles. The van der Waals surface area contributed by atoms with Crippen LogP contribution < -0.4 is 15.8 Å². The fourth-order valence-corrected chi connectivity index (χ4v) is 2.31. The second kappa shape index (κ2) is 8.67. The number of nitrogens with two attached hydrogens (primary N) is 1. The van der Waals surface area contributed by atoms with E-state index in [0.29, 0.717) is 18.8 Å². The number of hydrogen-bond donors (Lipinski definition) is 2. The predicted molar refractivity (Wildman–Crippen MR) is 86.2 cm³/mol. The molecule has 0 spiro atoms. The van der Waals surface area contributed by atoms with Gasteiger partial charge >= 0.3 is 0 Å². The lowest BCUT2D eigenvalue weighted by atomic mass is 9.96. The van der Waals surface area contributed by atoms with E-state index >= 15 is 0 Å². The molecule has 0 saturated carbocycles. The Labute approximate surface area is 128 Å². The first-order chi connectivity index (χ1) is 9.93. The summed E-state index contributed by atoms with van der Waals surface area (Å²) in [5, 5.41) is 3.12. The molecule has 0 aliphatic rings. The Hall–Kier alpha value is -1.55. The molecule has 0 aliphatic carbocycles. The molecule has 1 rings (SSSR count). The summed E-state index contributed by atoms with van der Waals surface area (Å²) in [7, 11) is 1.66. The third-order valence-corrected chi connectivity index (χ3v) is 3.38. The second-order valence-corrected chi connectivity index (χ2v) is 6.01. The fraction of sp³-hybridized carbons (Fsp3) is 0.588. The zero-order valence-corrected chi connectivity index (χ0v) is 13.6. The average molecular weight is 292 g/mol. The maximum Gasteiger partial charge on any atom is 0.220 e. The molecule has 0 aliphatic heterocycles. The molecule has 0 heterocycles. The van der Waals surface area contributed by atoms with Crippen molar-refractivity contribution in [2.45, 2.75) is 52.1 Å². The molecule has 2 unspecified atom stereocenters. The highest BCUT2D eigenvalue weighted by Gasteiger charge is 2.19. The van der Waals surface area contributed by atoms with E-state index in [9.17, 15) is 4.79 Å². The molecule has 0 radical (unpaired) electrons. The molecular formula is C17H28N2O2. The standard InChI is InChI=1S/C17H28N2O2/c1-12(2)11-15(19-17(20)10-9-13(3)18)14-7-5-6-8-16(14)21-4/h5-8,12-13,15H,9-11,18H2,1-4H3,(H,19,20). The first-order valence-electron chi connectivity index (χ1n) is 7.61. The van der Waals surface area contributed by atoms with Gasteiger partial charge in [0.2, 0.25) is 5.91 Å². The Morgan fingerprint density at radius 2 is 1.95 bits per heavy atom. The van der Waals surface area contributed by atoms with Gasteiger partial charge in [0, 0.05) is 18.0 Å². The van der Waals surface area contributed by atoms with E-state index in [1.165, 1.54) is 0 Å². The summed E-state index contributed by atoms with van der Waals surface area (Å²) >= 11 is 0. The van der Waals surface area contributed by atoms with Gasteiger partial charge in [-0.25, -0.2) is 0 Å². The number of benzene rings is 1. The first kappa shape index (κ1) is 17.5. The van der Waals surface area contributed by atoms with Crippen LogP contribution in [0, 0.1) is 5.92 Å². The Bertz CT molecular complexity index is 444. The molecule has 2 atom stereocenters. The van der Waals surface area contributed by atoms with E-state index in [1.807, 2.05) is 31.2 Å². The highest BCUT2D eigenvalue weighted by atomic mass is 16.5. The van der Waals surface area contributed by atoms with Crippen LogP contribution in [-0.4, -0.2) is 19.1 Å². The molecule has 4 heteroatoms. The molecular weight excluding hydrogens is 264 g/mol. The molecule has 1 amide bonds. The van der Waals surface area contributed by atoms with Crippen LogP contribution in [-0.2, 0) is 4.79 Å². The molecule has 0 fully saturated rings. The van der Waals surface area contributed by atoms with Crippen molar-refractivity contribution >= 4 is 5.91 Å². The number of carbonyl (C=O) groups excluding carboxylic acids is 1.